The van der Waals surface area contributed by atoms with Gasteiger partial charge in [-0.1, -0.05) is 301 Å². The van der Waals surface area contributed by atoms with Gasteiger partial charge in [0, 0.05) is 19.3 Å². The van der Waals surface area contributed by atoms with E-state index in [0.29, 0.717) is 19.3 Å². The third-order valence-corrected chi connectivity index (χ3v) is 14.9. The van der Waals surface area contributed by atoms with Gasteiger partial charge in [-0.15, -0.1) is 0 Å². The van der Waals surface area contributed by atoms with Gasteiger partial charge in [-0.2, -0.15) is 0 Å². The van der Waals surface area contributed by atoms with Crippen LogP contribution >= 0.6 is 0 Å². The molecule has 1 atom stereocenters. The lowest BCUT2D eigenvalue weighted by atomic mass is 10.0. The van der Waals surface area contributed by atoms with E-state index in [1.807, 2.05) is 0 Å². The standard InChI is InChI=1S/C68H126O6/c1-4-7-10-13-16-19-22-25-28-31-33-35-37-40-43-46-49-52-55-58-61-67(70)73-64-65(63-72-66(69)60-57-54-51-48-45-42-39-36-30-27-24-21-18-15-12-9-6-3)74-68(71)62-59-56-53-50-47-44-41-38-34-32-29-26-23-20-17-14-11-8-5-2/h17,20,26-27,29-30,65H,4-16,18-19,21-25,28,31-64H2,1-3H3/b20-17-,29-26-,30-27-. The first kappa shape index (κ1) is 71.6. The van der Waals surface area contributed by atoms with E-state index in [1.165, 1.54) is 257 Å². The van der Waals surface area contributed by atoms with Crippen molar-refractivity contribution in [1.29, 1.82) is 0 Å². The first-order chi connectivity index (χ1) is 36.5. The molecule has 0 aromatic carbocycles. The molecule has 0 spiro atoms. The fourth-order valence-corrected chi connectivity index (χ4v) is 9.88. The van der Waals surface area contributed by atoms with Crippen molar-refractivity contribution in [3.8, 4) is 0 Å². The van der Waals surface area contributed by atoms with Crippen LogP contribution in [-0.4, -0.2) is 37.2 Å². The summed E-state index contributed by atoms with van der Waals surface area (Å²) in [6, 6.07) is 0. The second kappa shape index (κ2) is 63.2. The minimum absolute atomic E-state index is 0.0706. The maximum Gasteiger partial charge on any atom is 0.306 e. The molecular formula is C68H126O6. The van der Waals surface area contributed by atoms with Crippen molar-refractivity contribution in [3.05, 3.63) is 36.5 Å². The summed E-state index contributed by atoms with van der Waals surface area (Å²) in [5.41, 5.74) is 0. The van der Waals surface area contributed by atoms with Gasteiger partial charge in [0.2, 0.25) is 0 Å². The molecule has 0 aromatic rings. The number of rotatable bonds is 61. The van der Waals surface area contributed by atoms with Gasteiger partial charge in [-0.3, -0.25) is 14.4 Å². The Kier molecular flexibility index (Phi) is 61.1. The molecule has 0 fully saturated rings. The molecule has 0 saturated heterocycles. The second-order valence-electron chi connectivity index (χ2n) is 22.4. The van der Waals surface area contributed by atoms with Gasteiger partial charge in [-0.25, -0.2) is 0 Å². The van der Waals surface area contributed by atoms with Gasteiger partial charge < -0.3 is 14.2 Å². The molecule has 0 heterocycles. The zero-order valence-corrected chi connectivity index (χ0v) is 49.9. The SMILES string of the molecule is CCCCC/C=C\C/C=C\CCCCCCCCCCCC(=O)OC(COC(=O)CCCCCCCCC/C=C\CCCCCCCC)COC(=O)CCCCCCCCCCCCCCCCCCCCCC. The van der Waals surface area contributed by atoms with Crippen molar-refractivity contribution in [2.24, 2.45) is 0 Å². The predicted molar refractivity (Wildman–Crippen MR) is 321 cm³/mol. The van der Waals surface area contributed by atoms with E-state index >= 15 is 0 Å². The molecule has 0 aliphatic carbocycles. The average molecular weight is 1040 g/mol. The van der Waals surface area contributed by atoms with Crippen LogP contribution in [0.2, 0.25) is 0 Å². The van der Waals surface area contributed by atoms with Gasteiger partial charge in [0.25, 0.3) is 0 Å². The third-order valence-electron chi connectivity index (χ3n) is 14.9. The highest BCUT2D eigenvalue weighted by atomic mass is 16.6. The fraction of sp³-hybridized carbons (Fsp3) is 0.868. The van der Waals surface area contributed by atoms with Crippen LogP contribution in [0.4, 0.5) is 0 Å². The predicted octanol–water partition coefficient (Wildman–Crippen LogP) is 22.4. The summed E-state index contributed by atoms with van der Waals surface area (Å²) >= 11 is 0. The van der Waals surface area contributed by atoms with Crippen molar-refractivity contribution in [2.45, 2.75) is 367 Å². The third kappa shape index (κ3) is 60.5. The van der Waals surface area contributed by atoms with Crippen LogP contribution in [0.5, 0.6) is 0 Å². The first-order valence-corrected chi connectivity index (χ1v) is 33.0. The van der Waals surface area contributed by atoms with Crippen LogP contribution < -0.4 is 0 Å². The molecule has 0 N–H and O–H groups in total. The number of unbranched alkanes of at least 4 members (excludes halogenated alkanes) is 44. The molecule has 0 amide bonds. The number of esters is 3. The molecule has 0 bridgehead atoms. The largest absolute Gasteiger partial charge is 0.462 e. The van der Waals surface area contributed by atoms with Crippen LogP contribution in [0.15, 0.2) is 36.5 Å². The summed E-state index contributed by atoms with van der Waals surface area (Å²) in [6.45, 7) is 6.67. The van der Waals surface area contributed by atoms with E-state index < -0.39 is 6.10 Å². The van der Waals surface area contributed by atoms with Crippen LogP contribution in [0, 0.1) is 0 Å². The Hall–Kier alpha value is -2.37. The van der Waals surface area contributed by atoms with E-state index in [1.54, 1.807) is 0 Å². The van der Waals surface area contributed by atoms with Crippen LogP contribution in [-0.2, 0) is 28.6 Å². The number of carbonyl (C=O) groups excluding carboxylic acids is 3. The molecule has 0 rings (SSSR count). The van der Waals surface area contributed by atoms with E-state index in [4.69, 9.17) is 14.2 Å². The lowest BCUT2D eigenvalue weighted by Gasteiger charge is -2.18. The monoisotopic (exact) mass is 1040 g/mol. The molecule has 0 aromatic heterocycles. The Labute approximate surface area is 461 Å². The summed E-state index contributed by atoms with van der Waals surface area (Å²) in [7, 11) is 0. The van der Waals surface area contributed by atoms with Crippen LogP contribution in [0.25, 0.3) is 0 Å². The Morgan fingerprint density at radius 1 is 0.270 bits per heavy atom. The average Bonchev–Trinajstić information content (AvgIpc) is 3.40. The zero-order valence-electron chi connectivity index (χ0n) is 49.9. The van der Waals surface area contributed by atoms with Crippen LogP contribution in [0.3, 0.4) is 0 Å². The molecule has 6 heteroatoms. The molecule has 0 radical (unpaired) electrons. The van der Waals surface area contributed by atoms with Gasteiger partial charge in [0.1, 0.15) is 13.2 Å². The van der Waals surface area contributed by atoms with Gasteiger partial charge >= 0.3 is 17.9 Å². The van der Waals surface area contributed by atoms with Gasteiger partial charge in [0.05, 0.1) is 0 Å². The zero-order chi connectivity index (χ0) is 53.6. The molecule has 0 aliphatic heterocycles. The maximum absolute atomic E-state index is 12.9. The van der Waals surface area contributed by atoms with Crippen molar-refractivity contribution in [3.63, 3.8) is 0 Å². The van der Waals surface area contributed by atoms with E-state index in [2.05, 4.69) is 57.2 Å². The quantitative estimate of drug-likeness (QED) is 0.0261. The van der Waals surface area contributed by atoms with Gasteiger partial charge in [-0.05, 0) is 77.0 Å². The Bertz CT molecular complexity index is 1240. The molecule has 74 heavy (non-hydrogen) atoms. The maximum atomic E-state index is 12.9. The number of carbonyl (C=O) groups is 3. The number of allylic oxidation sites excluding steroid dienone is 6. The second-order valence-corrected chi connectivity index (χ2v) is 22.4. The molecule has 0 aliphatic rings. The van der Waals surface area contributed by atoms with Crippen molar-refractivity contribution in [1.82, 2.24) is 0 Å². The summed E-state index contributed by atoms with van der Waals surface area (Å²) in [6.07, 6.45) is 77.2. The lowest BCUT2D eigenvalue weighted by molar-refractivity contribution is -0.167. The topological polar surface area (TPSA) is 78.9 Å². The van der Waals surface area contributed by atoms with E-state index in [9.17, 15) is 14.4 Å². The smallest absolute Gasteiger partial charge is 0.306 e. The van der Waals surface area contributed by atoms with Crippen molar-refractivity contribution >= 4 is 17.9 Å². The lowest BCUT2D eigenvalue weighted by Crippen LogP contribution is -2.30. The molecule has 434 valence electrons. The Morgan fingerprint density at radius 2 is 0.486 bits per heavy atom. The summed E-state index contributed by atoms with van der Waals surface area (Å²) in [5.74, 6) is -0.853. The van der Waals surface area contributed by atoms with E-state index in [0.717, 1.165) is 64.2 Å². The Balaban J connectivity index is 4.33. The van der Waals surface area contributed by atoms with Crippen molar-refractivity contribution < 1.29 is 28.6 Å². The van der Waals surface area contributed by atoms with E-state index in [-0.39, 0.29) is 31.1 Å². The minimum atomic E-state index is -0.775. The first-order valence-electron chi connectivity index (χ1n) is 33.0. The highest BCUT2D eigenvalue weighted by molar-refractivity contribution is 5.71. The number of hydrogen-bond donors (Lipinski definition) is 0. The molecule has 0 saturated carbocycles. The molecular weight excluding hydrogens is 913 g/mol. The minimum Gasteiger partial charge on any atom is -0.462 e. The number of ether oxygens (including phenoxy) is 3. The summed E-state index contributed by atoms with van der Waals surface area (Å²) < 4.78 is 17.0. The Morgan fingerprint density at radius 3 is 0.784 bits per heavy atom. The summed E-state index contributed by atoms with van der Waals surface area (Å²) in [4.78, 5) is 38.4. The van der Waals surface area contributed by atoms with Gasteiger partial charge in [0.15, 0.2) is 6.10 Å². The highest BCUT2D eigenvalue weighted by Gasteiger charge is 2.19. The molecule has 1 unspecified atom stereocenters. The fourth-order valence-electron chi connectivity index (χ4n) is 9.88. The normalized spacial score (nSPS) is 12.2. The number of hydrogen-bond acceptors (Lipinski definition) is 6. The molecule has 6 nitrogen and oxygen atoms in total. The van der Waals surface area contributed by atoms with Crippen molar-refractivity contribution in [2.75, 3.05) is 13.2 Å². The summed E-state index contributed by atoms with van der Waals surface area (Å²) in [5, 5.41) is 0. The van der Waals surface area contributed by atoms with Crippen LogP contribution in [0.1, 0.15) is 361 Å². The highest BCUT2D eigenvalue weighted by Crippen LogP contribution is 2.18.